The molecule has 0 aliphatic rings. The fourth-order valence-corrected chi connectivity index (χ4v) is 2.32. The van der Waals surface area contributed by atoms with Crippen molar-refractivity contribution < 1.29 is 9.53 Å². The Hall–Kier alpha value is -2.04. The fraction of sp³-hybridized carbons (Fsp3) is 0.188. The van der Waals surface area contributed by atoms with Crippen LogP contribution in [-0.2, 0) is 17.9 Å². The Labute approximate surface area is 128 Å². The van der Waals surface area contributed by atoms with Gasteiger partial charge in [-0.1, -0.05) is 35.9 Å². The summed E-state index contributed by atoms with van der Waals surface area (Å²) in [5.41, 5.74) is 8.66. The molecular weight excluding hydrogens is 288 g/mol. The summed E-state index contributed by atoms with van der Waals surface area (Å²) >= 11 is 6.03. The molecule has 0 spiro atoms. The minimum Gasteiger partial charge on any atom is -0.381 e. The average Bonchev–Trinajstić information content (AvgIpc) is 2.46. The number of nitrogens with one attached hydrogen (secondary N) is 1. The molecule has 5 heteroatoms. The van der Waals surface area contributed by atoms with Crippen LogP contribution in [0.25, 0.3) is 0 Å². The third-order valence-corrected chi connectivity index (χ3v) is 3.45. The third-order valence-electron chi connectivity index (χ3n) is 3.14. The number of halogens is 1. The van der Waals surface area contributed by atoms with Crippen LogP contribution in [0.15, 0.2) is 42.5 Å². The number of carbonyl (C=O) groups is 1. The van der Waals surface area contributed by atoms with Gasteiger partial charge < -0.3 is 15.8 Å². The Bertz CT molecular complexity index is 644. The quantitative estimate of drug-likeness (QED) is 0.861. The summed E-state index contributed by atoms with van der Waals surface area (Å²) in [6.45, 7) is 1.21. The Morgan fingerprint density at radius 2 is 1.95 bits per heavy atom. The SMILES string of the molecule is COCc1ccccc1CNc1ccc(C(N)=O)c(Cl)c1. The molecule has 3 N–H and O–H groups in total. The molecule has 0 saturated heterocycles. The van der Waals surface area contributed by atoms with Gasteiger partial charge in [-0.05, 0) is 29.3 Å². The van der Waals surface area contributed by atoms with E-state index in [0.717, 1.165) is 16.8 Å². The highest BCUT2D eigenvalue weighted by Gasteiger charge is 2.07. The number of hydrogen-bond donors (Lipinski definition) is 2. The number of primary amides is 1. The summed E-state index contributed by atoms with van der Waals surface area (Å²) in [5, 5.41) is 3.62. The monoisotopic (exact) mass is 304 g/mol. The van der Waals surface area contributed by atoms with Gasteiger partial charge in [0.05, 0.1) is 17.2 Å². The van der Waals surface area contributed by atoms with Gasteiger partial charge in [0.1, 0.15) is 0 Å². The number of carbonyl (C=O) groups excluding carboxylic acids is 1. The van der Waals surface area contributed by atoms with Gasteiger partial charge in [0.2, 0.25) is 5.91 Å². The molecule has 2 rings (SSSR count). The maximum atomic E-state index is 11.1. The molecule has 2 aromatic carbocycles. The molecule has 0 radical (unpaired) electrons. The predicted molar refractivity (Wildman–Crippen MR) is 84.5 cm³/mol. The Morgan fingerprint density at radius 1 is 1.24 bits per heavy atom. The Kier molecular flexibility index (Phi) is 5.20. The topological polar surface area (TPSA) is 64.3 Å². The molecule has 4 nitrogen and oxygen atoms in total. The largest absolute Gasteiger partial charge is 0.381 e. The predicted octanol–water partition coefficient (Wildman–Crippen LogP) is 3.20. The molecule has 0 aliphatic heterocycles. The van der Waals surface area contributed by atoms with Crippen LogP contribution < -0.4 is 11.1 Å². The summed E-state index contributed by atoms with van der Waals surface area (Å²) in [7, 11) is 1.67. The molecule has 0 atom stereocenters. The van der Waals surface area contributed by atoms with E-state index < -0.39 is 5.91 Å². The van der Waals surface area contributed by atoms with E-state index in [9.17, 15) is 4.79 Å². The van der Waals surface area contributed by atoms with Gasteiger partial charge in [-0.3, -0.25) is 4.79 Å². The van der Waals surface area contributed by atoms with Gasteiger partial charge in [0.15, 0.2) is 0 Å². The van der Waals surface area contributed by atoms with E-state index in [2.05, 4.69) is 5.32 Å². The van der Waals surface area contributed by atoms with Gasteiger partial charge in [-0.15, -0.1) is 0 Å². The standard InChI is InChI=1S/C16H17ClN2O2/c1-21-10-12-5-3-2-4-11(12)9-19-13-6-7-14(16(18)20)15(17)8-13/h2-8,19H,9-10H2,1H3,(H2,18,20). The molecule has 0 unspecified atom stereocenters. The number of anilines is 1. The number of rotatable bonds is 6. The van der Waals surface area contributed by atoms with Gasteiger partial charge >= 0.3 is 0 Å². The molecule has 0 aromatic heterocycles. The number of hydrogen-bond acceptors (Lipinski definition) is 3. The molecule has 2 aromatic rings. The van der Waals surface area contributed by atoms with Crippen molar-refractivity contribution in [3.05, 3.63) is 64.2 Å². The van der Waals surface area contributed by atoms with Crippen LogP contribution in [0, 0.1) is 0 Å². The number of methoxy groups -OCH3 is 1. The van der Waals surface area contributed by atoms with Crippen LogP contribution in [0.4, 0.5) is 5.69 Å². The minimum absolute atomic E-state index is 0.321. The minimum atomic E-state index is -0.531. The van der Waals surface area contributed by atoms with Crippen LogP contribution in [0.1, 0.15) is 21.5 Å². The van der Waals surface area contributed by atoms with Crippen molar-refractivity contribution in [3.63, 3.8) is 0 Å². The molecule has 0 aliphatic carbocycles. The smallest absolute Gasteiger partial charge is 0.250 e. The van der Waals surface area contributed by atoms with Crippen LogP contribution in [-0.4, -0.2) is 13.0 Å². The van der Waals surface area contributed by atoms with Crippen LogP contribution >= 0.6 is 11.6 Å². The van der Waals surface area contributed by atoms with Gasteiger partial charge in [0, 0.05) is 19.3 Å². The third kappa shape index (κ3) is 3.97. The van der Waals surface area contributed by atoms with Gasteiger partial charge in [-0.25, -0.2) is 0 Å². The van der Waals surface area contributed by atoms with E-state index >= 15 is 0 Å². The molecule has 0 bridgehead atoms. The van der Waals surface area contributed by atoms with Crippen LogP contribution in [0.3, 0.4) is 0 Å². The van der Waals surface area contributed by atoms with E-state index in [0.29, 0.717) is 23.7 Å². The molecule has 0 fully saturated rings. The van der Waals surface area contributed by atoms with Crippen molar-refractivity contribution >= 4 is 23.2 Å². The number of ether oxygens (including phenoxy) is 1. The highest BCUT2D eigenvalue weighted by Crippen LogP contribution is 2.21. The maximum Gasteiger partial charge on any atom is 0.250 e. The zero-order valence-corrected chi connectivity index (χ0v) is 12.5. The average molecular weight is 305 g/mol. The number of amides is 1. The van der Waals surface area contributed by atoms with Crippen molar-refractivity contribution in [2.75, 3.05) is 12.4 Å². The molecule has 21 heavy (non-hydrogen) atoms. The molecule has 110 valence electrons. The zero-order valence-electron chi connectivity index (χ0n) is 11.7. The Morgan fingerprint density at radius 3 is 2.57 bits per heavy atom. The second-order valence-electron chi connectivity index (χ2n) is 4.61. The lowest BCUT2D eigenvalue weighted by atomic mass is 10.1. The van der Waals surface area contributed by atoms with Crippen molar-refractivity contribution in [3.8, 4) is 0 Å². The first-order chi connectivity index (χ1) is 10.1. The lowest BCUT2D eigenvalue weighted by Gasteiger charge is -2.12. The first-order valence-corrected chi connectivity index (χ1v) is 6.88. The van der Waals surface area contributed by atoms with Gasteiger partial charge in [0.25, 0.3) is 0 Å². The van der Waals surface area contributed by atoms with E-state index in [-0.39, 0.29) is 0 Å². The van der Waals surface area contributed by atoms with Crippen molar-refractivity contribution in [1.29, 1.82) is 0 Å². The van der Waals surface area contributed by atoms with E-state index in [4.69, 9.17) is 22.1 Å². The maximum absolute atomic E-state index is 11.1. The van der Waals surface area contributed by atoms with Crippen molar-refractivity contribution in [2.24, 2.45) is 5.73 Å². The summed E-state index contributed by atoms with van der Waals surface area (Å²) in [6.07, 6.45) is 0. The summed E-state index contributed by atoms with van der Waals surface area (Å²) in [6, 6.07) is 13.1. The normalized spacial score (nSPS) is 10.4. The first-order valence-electron chi connectivity index (χ1n) is 6.50. The van der Waals surface area contributed by atoms with Crippen molar-refractivity contribution in [1.82, 2.24) is 0 Å². The van der Waals surface area contributed by atoms with Crippen LogP contribution in [0.2, 0.25) is 5.02 Å². The lowest BCUT2D eigenvalue weighted by molar-refractivity contribution is 0.100. The second-order valence-corrected chi connectivity index (χ2v) is 5.02. The van der Waals surface area contributed by atoms with E-state index in [1.165, 1.54) is 0 Å². The number of benzene rings is 2. The number of nitrogens with two attached hydrogens (primary N) is 1. The highest BCUT2D eigenvalue weighted by atomic mass is 35.5. The zero-order chi connectivity index (χ0) is 15.2. The fourth-order valence-electron chi connectivity index (χ4n) is 2.05. The molecule has 1 amide bonds. The highest BCUT2D eigenvalue weighted by molar-refractivity contribution is 6.34. The summed E-state index contributed by atoms with van der Waals surface area (Å²) < 4.78 is 5.18. The summed E-state index contributed by atoms with van der Waals surface area (Å²) in [4.78, 5) is 11.1. The summed E-state index contributed by atoms with van der Waals surface area (Å²) in [5.74, 6) is -0.531. The lowest BCUT2D eigenvalue weighted by Crippen LogP contribution is -2.11. The second kappa shape index (κ2) is 7.11. The molecule has 0 heterocycles. The Balaban J connectivity index is 2.10. The van der Waals surface area contributed by atoms with Gasteiger partial charge in [-0.2, -0.15) is 0 Å². The first kappa shape index (κ1) is 15.4. The van der Waals surface area contributed by atoms with E-state index in [1.54, 1.807) is 25.3 Å². The van der Waals surface area contributed by atoms with E-state index in [1.807, 2.05) is 24.3 Å². The van der Waals surface area contributed by atoms with Crippen molar-refractivity contribution in [2.45, 2.75) is 13.2 Å². The molecule has 0 saturated carbocycles. The molecular formula is C16H17ClN2O2. The van der Waals surface area contributed by atoms with Crippen LogP contribution in [0.5, 0.6) is 0 Å².